The molecule has 0 spiro atoms. The molecule has 0 aromatic heterocycles. The molecule has 168 valence electrons. The molecule has 0 radical (unpaired) electrons. The second-order valence-corrected chi connectivity index (χ2v) is 8.63. The number of halogens is 2. The Kier molecular flexibility index (Phi) is 8.43. The lowest BCUT2D eigenvalue weighted by Gasteiger charge is -2.16. The van der Waals surface area contributed by atoms with Crippen LogP contribution < -0.4 is 14.8 Å². The van der Waals surface area contributed by atoms with Crippen LogP contribution in [0.2, 0.25) is 10.0 Å². The minimum absolute atomic E-state index is 0.0848. The second kappa shape index (κ2) is 11.3. The van der Waals surface area contributed by atoms with E-state index in [1.807, 2.05) is 30.3 Å². The van der Waals surface area contributed by atoms with E-state index in [0.717, 1.165) is 24.2 Å². The number of aryl methyl sites for hydroxylation is 1. The zero-order valence-electron chi connectivity index (χ0n) is 18.5. The SMILES string of the molecule is COc1ccc(Oc2c(Cl)cc(NC(=O)CCCc3ccccc3)cc2Cl)cc1C(C)C. The summed E-state index contributed by atoms with van der Waals surface area (Å²) in [6, 6.07) is 19.0. The second-order valence-electron chi connectivity index (χ2n) is 7.82. The summed E-state index contributed by atoms with van der Waals surface area (Å²) in [5.41, 5.74) is 2.78. The Morgan fingerprint density at radius 2 is 1.69 bits per heavy atom. The Balaban J connectivity index is 1.64. The number of carbonyl (C=O) groups is 1. The molecule has 0 fully saturated rings. The molecule has 0 aliphatic heterocycles. The summed E-state index contributed by atoms with van der Waals surface area (Å²) in [5.74, 6) is 1.93. The molecular formula is C26H27Cl2NO3. The Bertz CT molecular complexity index is 1040. The van der Waals surface area contributed by atoms with E-state index in [4.69, 9.17) is 32.7 Å². The first-order valence-corrected chi connectivity index (χ1v) is 11.3. The van der Waals surface area contributed by atoms with Crippen LogP contribution in [0.5, 0.6) is 17.2 Å². The number of rotatable bonds is 9. The zero-order valence-corrected chi connectivity index (χ0v) is 20.0. The molecule has 0 bridgehead atoms. The van der Waals surface area contributed by atoms with E-state index in [2.05, 4.69) is 31.3 Å². The standard InChI is InChI=1S/C26H27Cl2NO3/c1-17(2)21-16-20(12-13-24(21)31-3)32-26-22(27)14-19(15-23(26)28)29-25(30)11-7-10-18-8-5-4-6-9-18/h4-6,8-9,12-17H,7,10-11H2,1-3H3,(H,29,30). The lowest BCUT2D eigenvalue weighted by molar-refractivity contribution is -0.116. The van der Waals surface area contributed by atoms with Crippen molar-refractivity contribution in [3.63, 3.8) is 0 Å². The quantitative estimate of drug-likeness (QED) is 0.345. The fourth-order valence-corrected chi connectivity index (χ4v) is 3.96. The Morgan fingerprint density at radius 3 is 2.31 bits per heavy atom. The Morgan fingerprint density at radius 1 is 1.00 bits per heavy atom. The van der Waals surface area contributed by atoms with Gasteiger partial charge in [0.15, 0.2) is 5.75 Å². The van der Waals surface area contributed by atoms with Gasteiger partial charge in [0, 0.05) is 17.7 Å². The molecule has 3 rings (SSSR count). The van der Waals surface area contributed by atoms with Crippen molar-refractivity contribution in [2.75, 3.05) is 12.4 Å². The van der Waals surface area contributed by atoms with Gasteiger partial charge in [0.1, 0.15) is 11.5 Å². The third kappa shape index (κ3) is 6.41. The maximum Gasteiger partial charge on any atom is 0.224 e. The van der Waals surface area contributed by atoms with E-state index >= 15 is 0 Å². The minimum atomic E-state index is -0.0848. The van der Waals surface area contributed by atoms with Gasteiger partial charge in [-0.2, -0.15) is 0 Å². The van der Waals surface area contributed by atoms with E-state index in [1.54, 1.807) is 25.3 Å². The molecule has 0 aliphatic rings. The van der Waals surface area contributed by atoms with Crippen molar-refractivity contribution in [1.29, 1.82) is 0 Å². The van der Waals surface area contributed by atoms with Crippen LogP contribution in [0.4, 0.5) is 5.69 Å². The number of benzene rings is 3. The van der Waals surface area contributed by atoms with E-state index in [1.165, 1.54) is 5.56 Å². The lowest BCUT2D eigenvalue weighted by atomic mass is 10.0. The first-order valence-electron chi connectivity index (χ1n) is 10.6. The maximum atomic E-state index is 12.3. The average molecular weight is 472 g/mol. The average Bonchev–Trinajstić information content (AvgIpc) is 2.77. The molecular weight excluding hydrogens is 445 g/mol. The summed E-state index contributed by atoms with van der Waals surface area (Å²) in [5, 5.41) is 3.50. The molecule has 1 N–H and O–H groups in total. The first-order chi connectivity index (χ1) is 15.4. The van der Waals surface area contributed by atoms with Crippen molar-refractivity contribution >= 4 is 34.8 Å². The largest absolute Gasteiger partial charge is 0.496 e. The zero-order chi connectivity index (χ0) is 23.1. The number of anilines is 1. The van der Waals surface area contributed by atoms with Crippen LogP contribution in [-0.2, 0) is 11.2 Å². The first kappa shape index (κ1) is 24.0. The molecule has 0 saturated carbocycles. The van der Waals surface area contributed by atoms with Crippen LogP contribution in [0.25, 0.3) is 0 Å². The highest BCUT2D eigenvalue weighted by Crippen LogP contribution is 2.40. The molecule has 4 nitrogen and oxygen atoms in total. The highest BCUT2D eigenvalue weighted by molar-refractivity contribution is 6.37. The Hall–Kier alpha value is -2.69. The number of carbonyl (C=O) groups excluding carboxylic acids is 1. The topological polar surface area (TPSA) is 47.6 Å². The lowest BCUT2D eigenvalue weighted by Crippen LogP contribution is -2.11. The van der Waals surface area contributed by atoms with Gasteiger partial charge in [-0.15, -0.1) is 0 Å². The number of methoxy groups -OCH3 is 1. The van der Waals surface area contributed by atoms with Gasteiger partial charge in [-0.3, -0.25) is 4.79 Å². The monoisotopic (exact) mass is 471 g/mol. The fraction of sp³-hybridized carbons (Fsp3) is 0.269. The predicted molar refractivity (Wildman–Crippen MR) is 132 cm³/mol. The van der Waals surface area contributed by atoms with Crippen LogP contribution >= 0.6 is 23.2 Å². The number of nitrogens with one attached hydrogen (secondary N) is 1. The minimum Gasteiger partial charge on any atom is -0.496 e. The normalized spacial score (nSPS) is 10.8. The molecule has 0 heterocycles. The summed E-state index contributed by atoms with van der Waals surface area (Å²) in [4.78, 5) is 12.3. The van der Waals surface area contributed by atoms with Crippen molar-refractivity contribution in [3.05, 3.63) is 81.8 Å². The Labute approximate surface area is 199 Å². The van der Waals surface area contributed by atoms with Gasteiger partial charge in [-0.25, -0.2) is 0 Å². The summed E-state index contributed by atoms with van der Waals surface area (Å²) in [6.07, 6.45) is 2.02. The van der Waals surface area contributed by atoms with Crippen LogP contribution in [0.15, 0.2) is 60.7 Å². The summed E-state index contributed by atoms with van der Waals surface area (Å²) in [6.45, 7) is 4.16. The van der Waals surface area contributed by atoms with Crippen LogP contribution in [0.3, 0.4) is 0 Å². The molecule has 32 heavy (non-hydrogen) atoms. The van der Waals surface area contributed by atoms with Gasteiger partial charge in [-0.05, 0) is 54.7 Å². The van der Waals surface area contributed by atoms with Crippen molar-refractivity contribution in [3.8, 4) is 17.2 Å². The molecule has 0 atom stereocenters. The molecule has 0 aliphatic carbocycles. The number of amides is 1. The van der Waals surface area contributed by atoms with Crippen LogP contribution in [0, 0.1) is 0 Å². The van der Waals surface area contributed by atoms with Crippen molar-refractivity contribution in [2.45, 2.75) is 39.0 Å². The molecule has 1 amide bonds. The highest BCUT2D eigenvalue weighted by atomic mass is 35.5. The van der Waals surface area contributed by atoms with Crippen molar-refractivity contribution < 1.29 is 14.3 Å². The summed E-state index contributed by atoms with van der Waals surface area (Å²) in [7, 11) is 1.64. The highest BCUT2D eigenvalue weighted by Gasteiger charge is 2.15. The number of hydrogen-bond acceptors (Lipinski definition) is 3. The van der Waals surface area contributed by atoms with Gasteiger partial charge in [0.05, 0.1) is 17.2 Å². The van der Waals surface area contributed by atoms with Crippen LogP contribution in [0.1, 0.15) is 43.7 Å². The van der Waals surface area contributed by atoms with Gasteiger partial charge in [0.25, 0.3) is 0 Å². The van der Waals surface area contributed by atoms with Gasteiger partial charge >= 0.3 is 0 Å². The van der Waals surface area contributed by atoms with Gasteiger partial charge in [0.2, 0.25) is 5.91 Å². The number of hydrogen-bond donors (Lipinski definition) is 1. The number of ether oxygens (including phenoxy) is 2. The molecule has 6 heteroatoms. The van der Waals surface area contributed by atoms with Gasteiger partial charge in [-0.1, -0.05) is 67.4 Å². The van der Waals surface area contributed by atoms with E-state index in [-0.39, 0.29) is 11.8 Å². The van der Waals surface area contributed by atoms with E-state index < -0.39 is 0 Å². The molecule has 0 saturated heterocycles. The third-order valence-electron chi connectivity index (χ3n) is 5.04. The fourth-order valence-electron chi connectivity index (χ4n) is 3.40. The van der Waals surface area contributed by atoms with E-state index in [0.29, 0.717) is 33.7 Å². The smallest absolute Gasteiger partial charge is 0.224 e. The van der Waals surface area contributed by atoms with E-state index in [9.17, 15) is 4.79 Å². The van der Waals surface area contributed by atoms with Crippen molar-refractivity contribution in [1.82, 2.24) is 0 Å². The third-order valence-corrected chi connectivity index (χ3v) is 5.60. The molecule has 0 unspecified atom stereocenters. The summed E-state index contributed by atoms with van der Waals surface area (Å²) < 4.78 is 11.4. The van der Waals surface area contributed by atoms with Gasteiger partial charge < -0.3 is 14.8 Å². The molecule has 3 aromatic rings. The van der Waals surface area contributed by atoms with Crippen LogP contribution in [-0.4, -0.2) is 13.0 Å². The maximum absolute atomic E-state index is 12.3. The summed E-state index contributed by atoms with van der Waals surface area (Å²) >= 11 is 12.9. The predicted octanol–water partition coefficient (Wildman–Crippen LogP) is 7.88. The molecule has 3 aromatic carbocycles. The van der Waals surface area contributed by atoms with Crippen molar-refractivity contribution in [2.24, 2.45) is 0 Å².